The molecular weight excluding hydrogens is 309 g/mol. The van der Waals surface area contributed by atoms with Crippen molar-refractivity contribution in [2.45, 2.75) is 12.8 Å². The molecule has 0 atom stereocenters. The molecule has 0 fully saturated rings. The predicted octanol–water partition coefficient (Wildman–Crippen LogP) is 3.41. The number of aromatic nitrogens is 1. The van der Waals surface area contributed by atoms with E-state index in [1.54, 1.807) is 5.38 Å². The molecule has 2 rings (SSSR count). The van der Waals surface area contributed by atoms with Crippen molar-refractivity contribution in [2.75, 3.05) is 5.32 Å². The summed E-state index contributed by atoms with van der Waals surface area (Å²) < 4.78 is 39.8. The van der Waals surface area contributed by atoms with Crippen LogP contribution in [0, 0.1) is 0 Å². The van der Waals surface area contributed by atoms with Crippen LogP contribution in [0.5, 0.6) is 5.75 Å². The van der Waals surface area contributed by atoms with E-state index in [9.17, 15) is 18.0 Å². The summed E-state index contributed by atoms with van der Waals surface area (Å²) in [6, 6.07) is 5.14. The fourth-order valence-corrected chi connectivity index (χ4v) is 2.19. The maximum absolute atomic E-state index is 12.0. The molecule has 0 saturated heterocycles. The van der Waals surface area contributed by atoms with Crippen LogP contribution in [-0.4, -0.2) is 22.4 Å². The number of thiazole rings is 1. The Labute approximate surface area is 121 Å². The Morgan fingerprint density at radius 2 is 2.00 bits per heavy atom. The summed E-state index contributed by atoms with van der Waals surface area (Å²) in [4.78, 5) is 14.6. The Kier molecular flexibility index (Phi) is 4.32. The van der Waals surface area contributed by atoms with Crippen molar-refractivity contribution >= 4 is 28.1 Å². The Hall–Kier alpha value is -2.29. The molecule has 1 aromatic carbocycles. The lowest BCUT2D eigenvalue weighted by atomic mass is 10.3. The molecule has 0 amide bonds. The molecule has 1 aromatic heterocycles. The number of ether oxygens (including phenoxy) is 1. The van der Waals surface area contributed by atoms with Crippen LogP contribution in [0.25, 0.3) is 0 Å². The summed E-state index contributed by atoms with van der Waals surface area (Å²) >= 11 is 1.20. The minimum atomic E-state index is -4.73. The van der Waals surface area contributed by atoms with Gasteiger partial charge in [-0.25, -0.2) is 4.98 Å². The molecule has 112 valence electrons. The predicted molar refractivity (Wildman–Crippen MR) is 69.9 cm³/mol. The first-order valence-corrected chi connectivity index (χ1v) is 6.49. The molecule has 0 aliphatic carbocycles. The summed E-state index contributed by atoms with van der Waals surface area (Å²) in [5, 5.41) is 13.5. The normalized spacial score (nSPS) is 11.2. The third-order valence-corrected chi connectivity index (χ3v) is 3.03. The highest BCUT2D eigenvalue weighted by molar-refractivity contribution is 7.13. The van der Waals surface area contributed by atoms with Gasteiger partial charge in [0, 0.05) is 11.1 Å². The summed E-state index contributed by atoms with van der Waals surface area (Å²) in [7, 11) is 0. The Morgan fingerprint density at radius 1 is 1.33 bits per heavy atom. The maximum Gasteiger partial charge on any atom is 0.573 e. The van der Waals surface area contributed by atoms with Gasteiger partial charge in [-0.15, -0.1) is 24.5 Å². The number of hydrogen-bond donors (Lipinski definition) is 2. The maximum atomic E-state index is 12.0. The van der Waals surface area contributed by atoms with Crippen LogP contribution < -0.4 is 10.1 Å². The van der Waals surface area contributed by atoms with E-state index in [1.165, 1.54) is 35.6 Å². The van der Waals surface area contributed by atoms with Crippen LogP contribution in [-0.2, 0) is 11.2 Å². The van der Waals surface area contributed by atoms with E-state index in [-0.39, 0.29) is 12.2 Å². The van der Waals surface area contributed by atoms with E-state index in [4.69, 9.17) is 5.11 Å². The largest absolute Gasteiger partial charge is 0.573 e. The van der Waals surface area contributed by atoms with E-state index >= 15 is 0 Å². The van der Waals surface area contributed by atoms with Crippen molar-refractivity contribution in [2.24, 2.45) is 0 Å². The lowest BCUT2D eigenvalue weighted by Gasteiger charge is -2.09. The molecule has 0 unspecified atom stereocenters. The second-order valence-electron chi connectivity index (χ2n) is 3.91. The minimum absolute atomic E-state index is 0.184. The van der Waals surface area contributed by atoms with Crippen molar-refractivity contribution in [3.63, 3.8) is 0 Å². The average Bonchev–Trinajstić information content (AvgIpc) is 2.76. The number of hydrogen-bond acceptors (Lipinski definition) is 5. The molecule has 0 saturated carbocycles. The third-order valence-electron chi connectivity index (χ3n) is 2.22. The van der Waals surface area contributed by atoms with Gasteiger partial charge in [-0.2, -0.15) is 0 Å². The molecule has 21 heavy (non-hydrogen) atoms. The van der Waals surface area contributed by atoms with Crippen molar-refractivity contribution in [3.05, 3.63) is 35.3 Å². The van der Waals surface area contributed by atoms with Gasteiger partial charge in [-0.1, -0.05) is 0 Å². The Morgan fingerprint density at radius 3 is 2.57 bits per heavy atom. The number of rotatable bonds is 5. The van der Waals surface area contributed by atoms with Gasteiger partial charge in [0.1, 0.15) is 5.75 Å². The van der Waals surface area contributed by atoms with E-state index in [0.29, 0.717) is 16.5 Å². The Balaban J connectivity index is 2.00. The fraction of sp³-hybridized carbons (Fsp3) is 0.167. The molecule has 0 aliphatic heterocycles. The van der Waals surface area contributed by atoms with Gasteiger partial charge in [0.05, 0.1) is 12.1 Å². The van der Waals surface area contributed by atoms with Crippen LogP contribution in [0.2, 0.25) is 0 Å². The number of benzene rings is 1. The van der Waals surface area contributed by atoms with Gasteiger partial charge >= 0.3 is 12.3 Å². The van der Waals surface area contributed by atoms with Crippen LogP contribution in [0.3, 0.4) is 0 Å². The molecule has 0 aliphatic rings. The van der Waals surface area contributed by atoms with E-state index in [2.05, 4.69) is 15.0 Å². The number of nitrogens with one attached hydrogen (secondary N) is 1. The number of anilines is 2. The molecule has 2 N–H and O–H groups in total. The van der Waals surface area contributed by atoms with Gasteiger partial charge in [0.25, 0.3) is 0 Å². The molecule has 2 aromatic rings. The number of halogens is 3. The Bertz CT molecular complexity index is 625. The zero-order valence-corrected chi connectivity index (χ0v) is 11.2. The molecule has 9 heteroatoms. The molecular formula is C12H9F3N2O3S. The zero-order valence-electron chi connectivity index (χ0n) is 10.3. The highest BCUT2D eigenvalue weighted by Gasteiger charge is 2.30. The first kappa shape index (κ1) is 15.1. The number of nitrogens with zero attached hydrogens (tertiary/aromatic N) is 1. The quantitative estimate of drug-likeness (QED) is 0.884. The first-order valence-electron chi connectivity index (χ1n) is 5.61. The number of alkyl halides is 3. The number of aliphatic carboxylic acids is 1. The standard InChI is InChI=1S/C12H9F3N2O3S/c13-12(14,15)20-9-3-1-7(2-4-9)16-11-17-8(6-21-11)5-10(18)19/h1-4,6H,5H2,(H,16,17)(H,18,19). The molecule has 0 radical (unpaired) electrons. The van der Waals surface area contributed by atoms with Crippen molar-refractivity contribution in [1.82, 2.24) is 4.98 Å². The van der Waals surface area contributed by atoms with E-state index < -0.39 is 12.3 Å². The lowest BCUT2D eigenvalue weighted by Crippen LogP contribution is -2.16. The van der Waals surface area contributed by atoms with Gasteiger partial charge in [0.15, 0.2) is 5.13 Å². The highest BCUT2D eigenvalue weighted by Crippen LogP contribution is 2.26. The van der Waals surface area contributed by atoms with Crippen LogP contribution in [0.4, 0.5) is 24.0 Å². The smallest absolute Gasteiger partial charge is 0.481 e. The van der Waals surface area contributed by atoms with Gasteiger partial charge in [0.2, 0.25) is 0 Å². The molecule has 5 nitrogen and oxygen atoms in total. The monoisotopic (exact) mass is 318 g/mol. The minimum Gasteiger partial charge on any atom is -0.481 e. The summed E-state index contributed by atoms with van der Waals surface area (Å²) in [6.45, 7) is 0. The van der Waals surface area contributed by atoms with Crippen molar-refractivity contribution < 1.29 is 27.8 Å². The van der Waals surface area contributed by atoms with Crippen LogP contribution in [0.15, 0.2) is 29.6 Å². The second kappa shape index (κ2) is 6.00. The van der Waals surface area contributed by atoms with E-state index in [1.807, 2.05) is 0 Å². The van der Waals surface area contributed by atoms with Crippen LogP contribution >= 0.6 is 11.3 Å². The number of carboxylic acid groups (broad SMARTS) is 1. The summed E-state index contributed by atoms with van der Waals surface area (Å²) in [6.07, 6.45) is -4.91. The lowest BCUT2D eigenvalue weighted by molar-refractivity contribution is -0.274. The third kappa shape index (κ3) is 4.95. The highest BCUT2D eigenvalue weighted by atomic mass is 32.1. The van der Waals surface area contributed by atoms with Crippen molar-refractivity contribution in [3.8, 4) is 5.75 Å². The number of carbonyl (C=O) groups is 1. The SMILES string of the molecule is O=C(O)Cc1csc(Nc2ccc(OC(F)(F)F)cc2)n1. The second-order valence-corrected chi connectivity index (χ2v) is 4.77. The van der Waals surface area contributed by atoms with Crippen molar-refractivity contribution in [1.29, 1.82) is 0 Å². The molecule has 0 bridgehead atoms. The topological polar surface area (TPSA) is 71.5 Å². The first-order chi connectivity index (χ1) is 9.82. The van der Waals surface area contributed by atoms with Gasteiger partial charge < -0.3 is 15.2 Å². The summed E-state index contributed by atoms with van der Waals surface area (Å²) in [5.74, 6) is -1.31. The van der Waals surface area contributed by atoms with Gasteiger partial charge in [-0.05, 0) is 24.3 Å². The van der Waals surface area contributed by atoms with Gasteiger partial charge in [-0.3, -0.25) is 4.79 Å². The zero-order chi connectivity index (χ0) is 15.5. The molecule has 0 spiro atoms. The van der Waals surface area contributed by atoms with Crippen LogP contribution in [0.1, 0.15) is 5.69 Å². The molecule has 1 heterocycles. The fourth-order valence-electron chi connectivity index (χ4n) is 1.46. The number of carboxylic acids is 1. The van der Waals surface area contributed by atoms with E-state index in [0.717, 1.165) is 0 Å². The average molecular weight is 318 g/mol. The summed E-state index contributed by atoms with van der Waals surface area (Å²) in [5.41, 5.74) is 0.924.